The molecule has 2 fully saturated rings. The fourth-order valence-corrected chi connectivity index (χ4v) is 5.43. The number of rotatable bonds is 6. The Morgan fingerprint density at radius 1 is 1.03 bits per heavy atom. The Hall–Kier alpha value is -2.87. The predicted octanol–water partition coefficient (Wildman–Crippen LogP) is 6.17. The standard InChI is InChI=1S/C28H32F4N2O2/c1-36-26-5-3-2-4-24(26)19-14-16-34(17-15-19)23-10-8-22(9-11-23)33-27(35)13-6-20-18-21(28(30,31)32)7-12-25(20)29/h2-7,12-13,18-19,22-23H,8-11,14-17H2,1H3,(H,33,35)/b13-6+. The van der Waals surface area contributed by atoms with E-state index in [4.69, 9.17) is 4.74 Å². The Morgan fingerprint density at radius 3 is 2.39 bits per heavy atom. The number of piperidine rings is 1. The Bertz CT molecular complexity index is 1070. The first-order valence-corrected chi connectivity index (χ1v) is 12.5. The van der Waals surface area contributed by atoms with Crippen molar-refractivity contribution in [3.63, 3.8) is 0 Å². The number of amides is 1. The molecule has 8 heteroatoms. The van der Waals surface area contributed by atoms with Crippen molar-refractivity contribution < 1.29 is 27.1 Å². The highest BCUT2D eigenvalue weighted by molar-refractivity contribution is 5.92. The number of halogens is 4. The Labute approximate surface area is 209 Å². The van der Waals surface area contributed by atoms with Crippen LogP contribution in [-0.4, -0.2) is 43.1 Å². The number of hydrogen-bond donors (Lipinski definition) is 1. The molecule has 4 rings (SSSR count). The molecule has 4 nitrogen and oxygen atoms in total. The number of methoxy groups -OCH3 is 1. The fraction of sp³-hybridized carbons (Fsp3) is 0.464. The van der Waals surface area contributed by atoms with Crippen LogP contribution < -0.4 is 10.1 Å². The summed E-state index contributed by atoms with van der Waals surface area (Å²) in [5.41, 5.74) is 0.0681. The van der Waals surface area contributed by atoms with Crippen molar-refractivity contribution in [3.8, 4) is 5.75 Å². The van der Waals surface area contributed by atoms with Crippen LogP contribution in [0.15, 0.2) is 48.5 Å². The van der Waals surface area contributed by atoms with Gasteiger partial charge in [-0.25, -0.2) is 4.39 Å². The molecule has 2 aromatic carbocycles. The predicted molar refractivity (Wildman–Crippen MR) is 131 cm³/mol. The van der Waals surface area contributed by atoms with Crippen LogP contribution in [0.4, 0.5) is 17.6 Å². The summed E-state index contributed by atoms with van der Waals surface area (Å²) in [6, 6.07) is 10.9. The maximum Gasteiger partial charge on any atom is 0.416 e. The van der Waals surface area contributed by atoms with Gasteiger partial charge in [0.05, 0.1) is 12.7 Å². The molecule has 2 aliphatic rings. The van der Waals surface area contributed by atoms with Crippen LogP contribution in [-0.2, 0) is 11.0 Å². The Morgan fingerprint density at radius 2 is 1.72 bits per heavy atom. The number of carbonyl (C=O) groups excluding carboxylic acids is 1. The number of nitrogens with zero attached hydrogens (tertiary/aromatic N) is 1. The second kappa shape index (κ2) is 11.5. The van der Waals surface area contributed by atoms with Gasteiger partial charge in [0.2, 0.25) is 5.91 Å². The van der Waals surface area contributed by atoms with Gasteiger partial charge in [-0.3, -0.25) is 4.79 Å². The molecule has 0 aromatic heterocycles. The number of hydrogen-bond acceptors (Lipinski definition) is 3. The van der Waals surface area contributed by atoms with Crippen molar-refractivity contribution in [2.24, 2.45) is 0 Å². The lowest BCUT2D eigenvalue weighted by Crippen LogP contribution is -2.46. The van der Waals surface area contributed by atoms with Gasteiger partial charge in [0.25, 0.3) is 0 Å². The molecular weight excluding hydrogens is 472 g/mol. The van der Waals surface area contributed by atoms with Crippen molar-refractivity contribution in [1.29, 1.82) is 0 Å². The molecule has 0 bridgehead atoms. The molecule has 194 valence electrons. The van der Waals surface area contributed by atoms with E-state index < -0.39 is 23.5 Å². The minimum Gasteiger partial charge on any atom is -0.496 e. The monoisotopic (exact) mass is 504 g/mol. The molecule has 2 aromatic rings. The molecule has 1 aliphatic heterocycles. The van der Waals surface area contributed by atoms with Gasteiger partial charge in [0, 0.05) is 23.7 Å². The molecule has 1 amide bonds. The summed E-state index contributed by atoms with van der Waals surface area (Å²) in [6.07, 6.45) is 3.46. The maximum absolute atomic E-state index is 13.9. The zero-order valence-electron chi connectivity index (χ0n) is 20.4. The normalized spacial score (nSPS) is 22.0. The lowest BCUT2D eigenvalue weighted by molar-refractivity contribution is -0.137. The van der Waals surface area contributed by atoms with Crippen molar-refractivity contribution in [1.82, 2.24) is 10.2 Å². The van der Waals surface area contributed by atoms with E-state index in [1.807, 2.05) is 12.1 Å². The Kier molecular flexibility index (Phi) is 8.34. The van der Waals surface area contributed by atoms with Crippen LogP contribution in [0.5, 0.6) is 5.75 Å². The number of para-hydroxylation sites is 1. The van der Waals surface area contributed by atoms with Gasteiger partial charge in [-0.15, -0.1) is 0 Å². The highest BCUT2D eigenvalue weighted by Gasteiger charge is 2.32. The second-order valence-corrected chi connectivity index (χ2v) is 9.63. The van der Waals surface area contributed by atoms with E-state index in [2.05, 4.69) is 22.3 Å². The number of benzene rings is 2. The van der Waals surface area contributed by atoms with Crippen LogP contribution in [0, 0.1) is 5.82 Å². The molecule has 0 unspecified atom stereocenters. The third kappa shape index (κ3) is 6.46. The van der Waals surface area contributed by atoms with Gasteiger partial charge in [-0.1, -0.05) is 18.2 Å². The number of likely N-dealkylation sites (tertiary alicyclic amines) is 1. The van der Waals surface area contributed by atoms with Gasteiger partial charge in [0.15, 0.2) is 0 Å². The van der Waals surface area contributed by atoms with Crippen molar-refractivity contribution in [2.45, 2.75) is 62.7 Å². The first kappa shape index (κ1) is 26.2. The van der Waals surface area contributed by atoms with Crippen LogP contribution in [0.1, 0.15) is 61.1 Å². The van der Waals surface area contributed by atoms with Gasteiger partial charge in [0.1, 0.15) is 11.6 Å². The minimum absolute atomic E-state index is 0.0101. The first-order valence-electron chi connectivity index (χ1n) is 12.5. The molecule has 0 spiro atoms. The number of carbonyl (C=O) groups is 1. The van der Waals surface area contributed by atoms with E-state index in [0.717, 1.165) is 75.6 Å². The zero-order chi connectivity index (χ0) is 25.7. The van der Waals surface area contributed by atoms with Crippen LogP contribution >= 0.6 is 0 Å². The van der Waals surface area contributed by atoms with E-state index in [1.165, 1.54) is 5.56 Å². The molecule has 0 radical (unpaired) electrons. The summed E-state index contributed by atoms with van der Waals surface area (Å²) in [4.78, 5) is 14.9. The number of ether oxygens (including phenoxy) is 1. The number of alkyl halides is 3. The SMILES string of the molecule is COc1ccccc1C1CCN(C2CCC(NC(=O)/C=C/c3cc(C(F)(F)F)ccc3F)CC2)CC1. The molecule has 1 heterocycles. The van der Waals surface area contributed by atoms with Crippen molar-refractivity contribution in [2.75, 3.05) is 20.2 Å². The summed E-state index contributed by atoms with van der Waals surface area (Å²) in [5.74, 6) is 0.230. The third-order valence-corrected chi connectivity index (χ3v) is 7.41. The van der Waals surface area contributed by atoms with Gasteiger partial charge < -0.3 is 15.0 Å². The highest BCUT2D eigenvalue weighted by Crippen LogP contribution is 2.36. The van der Waals surface area contributed by atoms with Crippen LogP contribution in [0.3, 0.4) is 0 Å². The van der Waals surface area contributed by atoms with Crippen LogP contribution in [0.2, 0.25) is 0 Å². The summed E-state index contributed by atoms with van der Waals surface area (Å²) in [5, 5.41) is 2.92. The average Bonchev–Trinajstić information content (AvgIpc) is 2.88. The molecule has 1 saturated carbocycles. The summed E-state index contributed by atoms with van der Waals surface area (Å²) < 4.78 is 58.0. The Balaban J connectivity index is 1.24. The smallest absolute Gasteiger partial charge is 0.416 e. The van der Waals surface area contributed by atoms with Gasteiger partial charge in [-0.05, 0) is 93.4 Å². The first-order chi connectivity index (χ1) is 17.2. The van der Waals surface area contributed by atoms with Crippen molar-refractivity contribution in [3.05, 3.63) is 71.0 Å². The highest BCUT2D eigenvalue weighted by atomic mass is 19.4. The van der Waals surface area contributed by atoms with E-state index in [0.29, 0.717) is 24.1 Å². The zero-order valence-corrected chi connectivity index (χ0v) is 20.4. The minimum atomic E-state index is -4.57. The van der Waals surface area contributed by atoms with E-state index in [9.17, 15) is 22.4 Å². The van der Waals surface area contributed by atoms with Crippen LogP contribution in [0.25, 0.3) is 6.08 Å². The van der Waals surface area contributed by atoms with Crippen molar-refractivity contribution >= 4 is 12.0 Å². The maximum atomic E-state index is 13.9. The fourth-order valence-electron chi connectivity index (χ4n) is 5.43. The second-order valence-electron chi connectivity index (χ2n) is 9.63. The van der Waals surface area contributed by atoms with E-state index in [-0.39, 0.29) is 11.6 Å². The third-order valence-electron chi connectivity index (χ3n) is 7.41. The summed E-state index contributed by atoms with van der Waals surface area (Å²) >= 11 is 0. The lowest BCUT2D eigenvalue weighted by Gasteiger charge is -2.41. The lowest BCUT2D eigenvalue weighted by atomic mass is 9.85. The molecule has 0 atom stereocenters. The number of nitrogens with one attached hydrogen (secondary N) is 1. The van der Waals surface area contributed by atoms with Gasteiger partial charge >= 0.3 is 6.18 Å². The quantitative estimate of drug-likeness (QED) is 0.378. The molecule has 36 heavy (non-hydrogen) atoms. The van der Waals surface area contributed by atoms with E-state index >= 15 is 0 Å². The molecular formula is C28H32F4N2O2. The molecule has 1 aliphatic carbocycles. The van der Waals surface area contributed by atoms with Gasteiger partial charge in [-0.2, -0.15) is 13.2 Å². The largest absolute Gasteiger partial charge is 0.496 e. The summed E-state index contributed by atoms with van der Waals surface area (Å²) in [6.45, 7) is 2.07. The topological polar surface area (TPSA) is 41.6 Å². The summed E-state index contributed by atoms with van der Waals surface area (Å²) in [7, 11) is 1.71. The molecule has 1 saturated heterocycles. The molecule has 1 N–H and O–H groups in total. The average molecular weight is 505 g/mol. The van der Waals surface area contributed by atoms with E-state index in [1.54, 1.807) is 7.11 Å².